The van der Waals surface area contributed by atoms with Crippen molar-refractivity contribution in [3.8, 4) is 22.3 Å². The molecule has 0 bridgehead atoms. The van der Waals surface area contributed by atoms with Crippen molar-refractivity contribution in [3.63, 3.8) is 0 Å². The second-order valence-electron chi connectivity index (χ2n) is 7.49. The molecule has 0 radical (unpaired) electrons. The summed E-state index contributed by atoms with van der Waals surface area (Å²) in [5.41, 5.74) is 6.05. The van der Waals surface area contributed by atoms with Gasteiger partial charge in [0.2, 0.25) is 0 Å². The summed E-state index contributed by atoms with van der Waals surface area (Å²) in [6.45, 7) is 11.0. The molecule has 0 amide bonds. The van der Waals surface area contributed by atoms with Gasteiger partial charge in [-0.25, -0.2) is 0 Å². The first-order chi connectivity index (χ1) is 13.0. The SMILES string of the molecule is Cc1ccc(-c2nsc(Oc3cc(C)c(CCN4CC4C)cc3C)n2)cc1. The maximum absolute atomic E-state index is 6.06. The second-order valence-corrected chi connectivity index (χ2v) is 8.20. The quantitative estimate of drug-likeness (QED) is 0.554. The number of aromatic nitrogens is 2. The van der Waals surface area contributed by atoms with Crippen LogP contribution in [-0.2, 0) is 6.42 Å². The first kappa shape index (κ1) is 18.1. The first-order valence-corrected chi connectivity index (χ1v) is 10.2. The molecule has 27 heavy (non-hydrogen) atoms. The number of hydrogen-bond donors (Lipinski definition) is 0. The molecule has 2 aromatic carbocycles. The minimum absolute atomic E-state index is 0.582. The topological polar surface area (TPSA) is 38.0 Å². The summed E-state index contributed by atoms with van der Waals surface area (Å²) in [7, 11) is 0. The molecule has 3 aromatic rings. The van der Waals surface area contributed by atoms with Gasteiger partial charge in [-0.2, -0.15) is 9.36 Å². The molecule has 0 saturated carbocycles. The summed E-state index contributed by atoms with van der Waals surface area (Å²) in [6.07, 6.45) is 1.09. The summed E-state index contributed by atoms with van der Waals surface area (Å²) >= 11 is 1.29. The van der Waals surface area contributed by atoms with Crippen molar-refractivity contribution >= 4 is 11.5 Å². The Labute approximate surface area is 165 Å². The van der Waals surface area contributed by atoms with Crippen LogP contribution in [-0.4, -0.2) is 33.4 Å². The van der Waals surface area contributed by atoms with E-state index in [-0.39, 0.29) is 0 Å². The van der Waals surface area contributed by atoms with Crippen LogP contribution in [0.5, 0.6) is 10.9 Å². The lowest BCUT2D eigenvalue weighted by atomic mass is 10.0. The molecular formula is C22H25N3OS. The molecule has 2 atom stereocenters. The number of benzene rings is 2. The highest BCUT2D eigenvalue weighted by Gasteiger charge is 2.28. The van der Waals surface area contributed by atoms with Crippen molar-refractivity contribution < 1.29 is 4.74 Å². The number of rotatable bonds is 6. The van der Waals surface area contributed by atoms with E-state index in [1.54, 1.807) is 0 Å². The molecule has 2 unspecified atom stereocenters. The monoisotopic (exact) mass is 379 g/mol. The van der Waals surface area contributed by atoms with Crippen LogP contribution in [0.15, 0.2) is 36.4 Å². The molecule has 0 spiro atoms. The van der Waals surface area contributed by atoms with E-state index in [4.69, 9.17) is 4.74 Å². The highest BCUT2D eigenvalue weighted by molar-refractivity contribution is 7.07. The van der Waals surface area contributed by atoms with Crippen molar-refractivity contribution in [1.82, 2.24) is 14.3 Å². The summed E-state index contributed by atoms with van der Waals surface area (Å²) in [4.78, 5) is 7.05. The molecule has 1 saturated heterocycles. The molecule has 4 nitrogen and oxygen atoms in total. The van der Waals surface area contributed by atoms with Gasteiger partial charge < -0.3 is 4.74 Å². The van der Waals surface area contributed by atoms with E-state index in [9.17, 15) is 0 Å². The van der Waals surface area contributed by atoms with E-state index >= 15 is 0 Å². The third-order valence-electron chi connectivity index (χ3n) is 5.20. The Kier molecular flexibility index (Phi) is 4.98. The Morgan fingerprint density at radius 3 is 2.56 bits per heavy atom. The van der Waals surface area contributed by atoms with Crippen LogP contribution in [0.2, 0.25) is 0 Å². The number of hydrogen-bond acceptors (Lipinski definition) is 5. The van der Waals surface area contributed by atoms with Gasteiger partial charge in [0.15, 0.2) is 5.82 Å². The largest absolute Gasteiger partial charge is 0.430 e. The third-order valence-corrected chi connectivity index (χ3v) is 5.80. The Bertz CT molecular complexity index is 949. The molecule has 4 rings (SSSR count). The minimum atomic E-state index is 0.582. The highest BCUT2D eigenvalue weighted by atomic mass is 32.1. The van der Waals surface area contributed by atoms with Gasteiger partial charge in [-0.15, -0.1) is 0 Å². The Hall–Kier alpha value is -2.24. The molecule has 1 aliphatic rings. The van der Waals surface area contributed by atoms with Gasteiger partial charge in [0.05, 0.1) is 0 Å². The standard InChI is InChI=1S/C22H25N3OS/c1-14-5-7-18(8-6-14)21-23-22(27-24-21)26-20-12-15(2)19(11-16(20)3)9-10-25-13-17(25)4/h5-8,11-12,17H,9-10,13H2,1-4H3. The number of nitrogens with zero attached hydrogens (tertiary/aromatic N) is 3. The van der Waals surface area contributed by atoms with Crippen LogP contribution in [0, 0.1) is 20.8 Å². The number of ether oxygens (including phenoxy) is 1. The lowest BCUT2D eigenvalue weighted by Crippen LogP contribution is -2.07. The molecule has 1 aromatic heterocycles. The van der Waals surface area contributed by atoms with E-state index in [1.807, 2.05) is 12.1 Å². The van der Waals surface area contributed by atoms with Gasteiger partial charge in [-0.3, -0.25) is 4.90 Å². The Balaban J connectivity index is 1.47. The van der Waals surface area contributed by atoms with Crippen molar-refractivity contribution in [2.75, 3.05) is 13.1 Å². The molecule has 1 aliphatic heterocycles. The van der Waals surface area contributed by atoms with Crippen molar-refractivity contribution in [3.05, 3.63) is 58.7 Å². The molecule has 1 fully saturated rings. The molecule has 0 aliphatic carbocycles. The van der Waals surface area contributed by atoms with Crippen molar-refractivity contribution in [2.24, 2.45) is 0 Å². The van der Waals surface area contributed by atoms with Crippen LogP contribution in [0.3, 0.4) is 0 Å². The Morgan fingerprint density at radius 1 is 1.11 bits per heavy atom. The van der Waals surface area contributed by atoms with Gasteiger partial charge in [0.25, 0.3) is 5.19 Å². The number of aryl methyl sites for hydroxylation is 3. The molecular weight excluding hydrogens is 354 g/mol. The zero-order chi connectivity index (χ0) is 19.0. The van der Waals surface area contributed by atoms with Crippen LogP contribution in [0.4, 0.5) is 0 Å². The van der Waals surface area contributed by atoms with Crippen molar-refractivity contribution in [2.45, 2.75) is 40.2 Å². The van der Waals surface area contributed by atoms with Crippen LogP contribution < -0.4 is 4.74 Å². The van der Waals surface area contributed by atoms with Crippen molar-refractivity contribution in [1.29, 1.82) is 0 Å². The average molecular weight is 380 g/mol. The van der Waals surface area contributed by atoms with Gasteiger partial charge in [0, 0.05) is 36.2 Å². The fourth-order valence-electron chi connectivity index (χ4n) is 3.26. The minimum Gasteiger partial charge on any atom is -0.430 e. The van der Waals surface area contributed by atoms with Gasteiger partial charge in [-0.05, 0) is 56.9 Å². The van der Waals surface area contributed by atoms with Gasteiger partial charge >= 0.3 is 0 Å². The van der Waals surface area contributed by atoms with Crippen LogP contribution in [0.25, 0.3) is 11.4 Å². The molecule has 5 heteroatoms. The first-order valence-electron chi connectivity index (χ1n) is 9.42. The maximum atomic E-state index is 6.06. The lowest BCUT2D eigenvalue weighted by Gasteiger charge is -2.12. The summed E-state index contributed by atoms with van der Waals surface area (Å²) in [5.74, 6) is 1.58. The fourth-order valence-corrected chi connectivity index (χ4v) is 3.83. The lowest BCUT2D eigenvalue weighted by molar-refractivity contribution is 0.474. The predicted molar refractivity (Wildman–Crippen MR) is 111 cm³/mol. The van der Waals surface area contributed by atoms with Gasteiger partial charge in [0.1, 0.15) is 5.75 Å². The smallest absolute Gasteiger partial charge is 0.299 e. The third kappa shape index (κ3) is 4.20. The van der Waals surface area contributed by atoms with Gasteiger partial charge in [-0.1, -0.05) is 35.9 Å². The van der Waals surface area contributed by atoms with E-state index in [2.05, 4.69) is 66.2 Å². The zero-order valence-corrected chi connectivity index (χ0v) is 17.1. The normalized spacial score (nSPS) is 18.5. The molecule has 140 valence electrons. The van der Waals surface area contributed by atoms with Crippen LogP contribution in [0.1, 0.15) is 29.2 Å². The fraction of sp³-hybridized carbons (Fsp3) is 0.364. The van der Waals surface area contributed by atoms with E-state index in [0.29, 0.717) is 11.0 Å². The zero-order valence-electron chi connectivity index (χ0n) is 16.3. The highest BCUT2D eigenvalue weighted by Crippen LogP contribution is 2.31. The average Bonchev–Trinajstić information content (AvgIpc) is 3.15. The molecule has 2 heterocycles. The summed E-state index contributed by atoms with van der Waals surface area (Å²) < 4.78 is 10.5. The Morgan fingerprint density at radius 2 is 1.85 bits per heavy atom. The maximum Gasteiger partial charge on any atom is 0.299 e. The van der Waals surface area contributed by atoms with Crippen LogP contribution >= 0.6 is 11.5 Å². The molecule has 0 N–H and O–H groups in total. The van der Waals surface area contributed by atoms with E-state index in [1.165, 1.54) is 34.8 Å². The predicted octanol–water partition coefficient (Wildman–Crippen LogP) is 5.17. The second kappa shape index (κ2) is 7.41. The summed E-state index contributed by atoms with van der Waals surface area (Å²) in [5, 5.41) is 0.582. The summed E-state index contributed by atoms with van der Waals surface area (Å²) in [6, 6.07) is 13.4. The van der Waals surface area contributed by atoms with E-state index < -0.39 is 0 Å². The van der Waals surface area contributed by atoms with E-state index in [0.717, 1.165) is 35.9 Å².